The number of alkyl halides is 2. The van der Waals surface area contributed by atoms with Gasteiger partial charge in [-0.2, -0.15) is 0 Å². The number of amides is 1. The number of aliphatic hydroxyl groups excluding tert-OH is 1. The second-order valence-corrected chi connectivity index (χ2v) is 4.19. The van der Waals surface area contributed by atoms with E-state index in [0.717, 1.165) is 0 Å². The van der Waals surface area contributed by atoms with Crippen LogP contribution in [-0.2, 0) is 0 Å². The van der Waals surface area contributed by atoms with Gasteiger partial charge in [0, 0.05) is 11.0 Å². The second kappa shape index (κ2) is 5.92. The SMILES string of the molecule is O=C(NCC(O)C(F)F)c1ccc(Br)cc1O. The summed E-state index contributed by atoms with van der Waals surface area (Å²) in [4.78, 5) is 11.5. The zero-order chi connectivity index (χ0) is 13.0. The second-order valence-electron chi connectivity index (χ2n) is 3.27. The molecule has 0 aromatic heterocycles. The number of halogens is 3. The molecule has 7 heteroatoms. The Morgan fingerprint density at radius 2 is 2.12 bits per heavy atom. The normalized spacial score (nSPS) is 12.5. The molecule has 1 unspecified atom stereocenters. The summed E-state index contributed by atoms with van der Waals surface area (Å²) in [6.45, 7) is -0.577. The number of aliphatic hydroxyl groups is 1. The van der Waals surface area contributed by atoms with Gasteiger partial charge in [0.05, 0.1) is 5.56 Å². The van der Waals surface area contributed by atoms with Gasteiger partial charge in [0.1, 0.15) is 11.9 Å². The van der Waals surface area contributed by atoms with E-state index in [0.29, 0.717) is 4.47 Å². The van der Waals surface area contributed by atoms with E-state index in [9.17, 15) is 18.7 Å². The molecule has 1 aromatic carbocycles. The first-order chi connectivity index (χ1) is 7.91. The van der Waals surface area contributed by atoms with Crippen molar-refractivity contribution in [3.8, 4) is 5.75 Å². The predicted molar refractivity (Wildman–Crippen MR) is 60.2 cm³/mol. The molecule has 0 heterocycles. The van der Waals surface area contributed by atoms with E-state index in [-0.39, 0.29) is 11.3 Å². The van der Waals surface area contributed by atoms with Crippen molar-refractivity contribution < 1.29 is 23.8 Å². The summed E-state index contributed by atoms with van der Waals surface area (Å²) in [5.74, 6) is -1.00. The van der Waals surface area contributed by atoms with Crippen molar-refractivity contribution in [1.82, 2.24) is 5.32 Å². The highest BCUT2D eigenvalue weighted by atomic mass is 79.9. The summed E-state index contributed by atoms with van der Waals surface area (Å²) >= 11 is 3.10. The summed E-state index contributed by atoms with van der Waals surface area (Å²) in [6.07, 6.45) is -4.84. The van der Waals surface area contributed by atoms with E-state index in [1.807, 2.05) is 0 Å². The smallest absolute Gasteiger partial charge is 0.265 e. The lowest BCUT2D eigenvalue weighted by Crippen LogP contribution is -2.35. The minimum absolute atomic E-state index is 0.0466. The molecular formula is C10H10BrF2NO3. The quantitative estimate of drug-likeness (QED) is 0.789. The van der Waals surface area contributed by atoms with Gasteiger partial charge in [-0.25, -0.2) is 8.78 Å². The van der Waals surface area contributed by atoms with Crippen LogP contribution in [0.4, 0.5) is 8.78 Å². The van der Waals surface area contributed by atoms with Gasteiger partial charge < -0.3 is 15.5 Å². The molecule has 17 heavy (non-hydrogen) atoms. The molecular weight excluding hydrogens is 300 g/mol. The van der Waals surface area contributed by atoms with Crippen LogP contribution in [-0.4, -0.2) is 35.2 Å². The molecule has 1 aromatic rings. The van der Waals surface area contributed by atoms with Crippen molar-refractivity contribution in [3.05, 3.63) is 28.2 Å². The lowest BCUT2D eigenvalue weighted by atomic mass is 10.2. The number of benzene rings is 1. The molecule has 0 aliphatic heterocycles. The van der Waals surface area contributed by atoms with Crippen LogP contribution in [0, 0.1) is 0 Å². The van der Waals surface area contributed by atoms with Crippen LogP contribution in [0.3, 0.4) is 0 Å². The highest BCUT2D eigenvalue weighted by Gasteiger charge is 2.18. The Balaban J connectivity index is 2.64. The van der Waals surface area contributed by atoms with Gasteiger partial charge in [0.25, 0.3) is 12.3 Å². The number of nitrogens with one attached hydrogen (secondary N) is 1. The molecule has 3 N–H and O–H groups in total. The molecule has 1 atom stereocenters. The minimum atomic E-state index is -2.92. The van der Waals surface area contributed by atoms with Gasteiger partial charge in [-0.1, -0.05) is 15.9 Å². The summed E-state index contributed by atoms with van der Waals surface area (Å²) in [5, 5.41) is 20.3. The minimum Gasteiger partial charge on any atom is -0.507 e. The van der Waals surface area contributed by atoms with Gasteiger partial charge in [-0.15, -0.1) is 0 Å². The summed E-state index contributed by atoms with van der Waals surface area (Å²) in [7, 11) is 0. The summed E-state index contributed by atoms with van der Waals surface area (Å²) in [6, 6.07) is 4.17. The third-order valence-electron chi connectivity index (χ3n) is 1.97. The monoisotopic (exact) mass is 309 g/mol. The number of carbonyl (C=O) groups excluding carboxylic acids is 1. The van der Waals surface area contributed by atoms with Crippen molar-refractivity contribution >= 4 is 21.8 Å². The molecule has 0 radical (unpaired) electrons. The fourth-order valence-corrected chi connectivity index (χ4v) is 1.43. The van der Waals surface area contributed by atoms with Gasteiger partial charge in [0.2, 0.25) is 0 Å². The lowest BCUT2D eigenvalue weighted by Gasteiger charge is -2.11. The maximum atomic E-state index is 12.0. The molecule has 0 saturated carbocycles. The first-order valence-corrected chi connectivity index (χ1v) is 5.44. The molecule has 94 valence electrons. The highest BCUT2D eigenvalue weighted by molar-refractivity contribution is 9.10. The van der Waals surface area contributed by atoms with Crippen molar-refractivity contribution in [3.63, 3.8) is 0 Å². The van der Waals surface area contributed by atoms with Crippen molar-refractivity contribution in [2.24, 2.45) is 0 Å². The molecule has 1 amide bonds. The molecule has 0 saturated heterocycles. The zero-order valence-electron chi connectivity index (χ0n) is 8.53. The standard InChI is InChI=1S/C10H10BrF2NO3/c11-5-1-2-6(7(15)3-5)10(17)14-4-8(16)9(12)13/h1-3,8-9,15-16H,4H2,(H,14,17). The van der Waals surface area contributed by atoms with E-state index in [4.69, 9.17) is 5.11 Å². The number of hydrogen-bond donors (Lipinski definition) is 3. The van der Waals surface area contributed by atoms with Crippen molar-refractivity contribution in [2.45, 2.75) is 12.5 Å². The fourth-order valence-electron chi connectivity index (χ4n) is 1.08. The van der Waals surface area contributed by atoms with Gasteiger partial charge >= 0.3 is 0 Å². The summed E-state index contributed by atoms with van der Waals surface area (Å²) in [5.41, 5.74) is -0.0466. The van der Waals surface area contributed by atoms with Crippen LogP contribution in [0.15, 0.2) is 22.7 Å². The number of phenolic OH excluding ortho intramolecular Hbond substituents is 1. The van der Waals surface area contributed by atoms with Crippen molar-refractivity contribution in [1.29, 1.82) is 0 Å². The van der Waals surface area contributed by atoms with Crippen LogP contribution < -0.4 is 5.32 Å². The van der Waals surface area contributed by atoms with E-state index < -0.39 is 25.0 Å². The number of carbonyl (C=O) groups is 1. The third-order valence-corrected chi connectivity index (χ3v) is 2.46. The molecule has 0 aliphatic rings. The largest absolute Gasteiger partial charge is 0.507 e. The first-order valence-electron chi connectivity index (χ1n) is 4.64. The van der Waals surface area contributed by atoms with Crippen LogP contribution in [0.2, 0.25) is 0 Å². The predicted octanol–water partition coefficient (Wildman–Crippen LogP) is 1.51. The third kappa shape index (κ3) is 3.94. The number of aromatic hydroxyl groups is 1. The molecule has 4 nitrogen and oxygen atoms in total. The zero-order valence-corrected chi connectivity index (χ0v) is 10.1. The number of rotatable bonds is 4. The molecule has 0 fully saturated rings. The van der Waals surface area contributed by atoms with Gasteiger partial charge in [-0.3, -0.25) is 4.79 Å². The van der Waals surface area contributed by atoms with Gasteiger partial charge in [0.15, 0.2) is 0 Å². The highest BCUT2D eigenvalue weighted by Crippen LogP contribution is 2.22. The van der Waals surface area contributed by atoms with Crippen LogP contribution in [0.25, 0.3) is 0 Å². The Hall–Kier alpha value is -1.21. The maximum absolute atomic E-state index is 12.0. The molecule has 0 aliphatic carbocycles. The molecule has 0 bridgehead atoms. The number of phenols is 1. The maximum Gasteiger partial charge on any atom is 0.265 e. The van der Waals surface area contributed by atoms with E-state index in [1.54, 1.807) is 0 Å². The Morgan fingerprint density at radius 1 is 1.47 bits per heavy atom. The Labute approximate surface area is 104 Å². The number of hydrogen-bond acceptors (Lipinski definition) is 3. The first kappa shape index (κ1) is 13.9. The Morgan fingerprint density at radius 3 is 2.65 bits per heavy atom. The van der Waals surface area contributed by atoms with Crippen LogP contribution >= 0.6 is 15.9 Å². The summed E-state index contributed by atoms with van der Waals surface area (Å²) < 4.78 is 24.5. The van der Waals surface area contributed by atoms with E-state index in [2.05, 4.69) is 21.2 Å². The average molecular weight is 310 g/mol. The van der Waals surface area contributed by atoms with E-state index in [1.165, 1.54) is 18.2 Å². The lowest BCUT2D eigenvalue weighted by molar-refractivity contribution is -0.00271. The van der Waals surface area contributed by atoms with Crippen LogP contribution in [0.1, 0.15) is 10.4 Å². The van der Waals surface area contributed by atoms with Crippen molar-refractivity contribution in [2.75, 3.05) is 6.54 Å². The topological polar surface area (TPSA) is 69.6 Å². The Bertz CT molecular complexity index is 415. The van der Waals surface area contributed by atoms with Gasteiger partial charge in [-0.05, 0) is 18.2 Å². The fraction of sp³-hybridized carbons (Fsp3) is 0.300. The molecule has 0 spiro atoms. The Kier molecular flexibility index (Phi) is 4.83. The van der Waals surface area contributed by atoms with E-state index >= 15 is 0 Å². The average Bonchev–Trinajstić information content (AvgIpc) is 2.25. The van der Waals surface area contributed by atoms with Crippen LogP contribution in [0.5, 0.6) is 5.75 Å². The molecule has 1 rings (SSSR count).